The molecular weight excluding hydrogens is 578 g/mol. The molecule has 0 amide bonds. The molecule has 2 saturated carbocycles. The van der Waals surface area contributed by atoms with Gasteiger partial charge in [-0.1, -0.05) is 17.9 Å². The smallest absolute Gasteiger partial charge is 0.360 e. The van der Waals surface area contributed by atoms with E-state index in [0.29, 0.717) is 34.7 Å². The van der Waals surface area contributed by atoms with Gasteiger partial charge in [0.15, 0.2) is 5.69 Å². The first kappa shape index (κ1) is 28.8. The maximum Gasteiger partial charge on any atom is 0.360 e. The summed E-state index contributed by atoms with van der Waals surface area (Å²) in [5.74, 6) is 4.61. The molecule has 6 rings (SSSR count). The predicted octanol–water partition coefficient (Wildman–Crippen LogP) is 4.93. The van der Waals surface area contributed by atoms with Crippen LogP contribution < -0.4 is 5.14 Å². The van der Waals surface area contributed by atoms with Gasteiger partial charge in [-0.3, -0.25) is 0 Å². The highest BCUT2D eigenvalue weighted by Crippen LogP contribution is 2.38. The maximum atomic E-state index is 14.9. The minimum Gasteiger partial charge on any atom is -0.461 e. The van der Waals surface area contributed by atoms with Crippen molar-refractivity contribution in [2.45, 2.75) is 50.3 Å². The second-order valence-corrected chi connectivity index (χ2v) is 12.3. The van der Waals surface area contributed by atoms with E-state index in [-0.39, 0.29) is 36.2 Å². The number of halogens is 2. The van der Waals surface area contributed by atoms with Gasteiger partial charge in [0.25, 0.3) is 0 Å². The van der Waals surface area contributed by atoms with Crippen LogP contribution in [-0.2, 0) is 27.6 Å². The highest BCUT2D eigenvalue weighted by molar-refractivity contribution is 7.89. The zero-order valence-corrected chi connectivity index (χ0v) is 24.1. The molecule has 0 bridgehead atoms. The lowest BCUT2D eigenvalue weighted by atomic mass is 9.96. The third kappa shape index (κ3) is 6.38. The van der Waals surface area contributed by atoms with Crippen LogP contribution >= 0.6 is 0 Å². The van der Waals surface area contributed by atoms with Crippen molar-refractivity contribution < 1.29 is 31.1 Å². The third-order valence-corrected chi connectivity index (χ3v) is 8.28. The predicted molar refractivity (Wildman–Crippen MR) is 152 cm³/mol. The van der Waals surface area contributed by atoms with Crippen LogP contribution in [0.25, 0.3) is 17.3 Å². The van der Waals surface area contributed by atoms with E-state index in [0.717, 1.165) is 43.5 Å². The van der Waals surface area contributed by atoms with E-state index in [2.05, 4.69) is 16.8 Å². The first-order valence-corrected chi connectivity index (χ1v) is 15.5. The molecule has 2 fully saturated rings. The van der Waals surface area contributed by atoms with Crippen LogP contribution in [0.3, 0.4) is 0 Å². The summed E-state index contributed by atoms with van der Waals surface area (Å²) in [6, 6.07) is 8.35. The third-order valence-electron chi connectivity index (χ3n) is 7.34. The molecule has 9 nitrogen and oxygen atoms in total. The number of hydrogen-bond acceptors (Lipinski definition) is 7. The molecule has 0 saturated heterocycles. The molecule has 0 spiro atoms. The summed E-state index contributed by atoms with van der Waals surface area (Å²) in [5.41, 5.74) is 3.14. The van der Waals surface area contributed by atoms with E-state index in [9.17, 15) is 22.0 Å². The molecule has 2 aliphatic carbocycles. The van der Waals surface area contributed by atoms with E-state index in [1.165, 1.54) is 23.1 Å². The topological polar surface area (TPSA) is 130 Å². The van der Waals surface area contributed by atoms with Crippen molar-refractivity contribution >= 4 is 16.0 Å². The van der Waals surface area contributed by atoms with Crippen LogP contribution in [0, 0.1) is 35.3 Å². The van der Waals surface area contributed by atoms with E-state index < -0.39 is 32.5 Å². The van der Waals surface area contributed by atoms with Crippen molar-refractivity contribution in [3.8, 4) is 29.1 Å². The van der Waals surface area contributed by atoms with Gasteiger partial charge in [0.1, 0.15) is 22.8 Å². The SMILES string of the molecule is CCOC(=O)c1coc(-n2nc(-c3ccc(F)c(C#CC4CC4)c3)c(Cc3ccc(S(N)(=O)=O)c(F)c3)c2CC2CC2)n1. The summed E-state index contributed by atoms with van der Waals surface area (Å²) in [7, 11) is -4.25. The van der Waals surface area contributed by atoms with E-state index >= 15 is 0 Å². The Morgan fingerprint density at radius 2 is 1.93 bits per heavy atom. The average Bonchev–Trinajstić information content (AvgIpc) is 3.88. The van der Waals surface area contributed by atoms with Gasteiger partial charge in [-0.15, -0.1) is 0 Å². The molecular formula is C31H28F2N4O5S. The molecule has 2 aliphatic rings. The number of carbonyl (C=O) groups is 1. The lowest BCUT2D eigenvalue weighted by molar-refractivity contribution is 0.0519. The number of ether oxygens (including phenoxy) is 1. The van der Waals surface area contributed by atoms with Crippen molar-refractivity contribution in [1.29, 1.82) is 0 Å². The van der Waals surface area contributed by atoms with Crippen LogP contribution in [0.15, 0.2) is 52.0 Å². The Bertz CT molecular complexity index is 1900. The number of rotatable bonds is 9. The maximum absolute atomic E-state index is 14.9. The standard InChI is InChI=1S/C31H28F2N4O5S/c1-2-41-30(38)26-17-42-31(35-26)37-27(15-19-5-6-19)23(13-20-8-12-28(25(33)14-20)43(34,39)40)29(36-37)22-10-11-24(32)21(16-22)9-7-18-3-4-18/h8,10-12,14,16-19H,2-6,13,15H2,1H3,(H2,34,39,40). The van der Waals surface area contributed by atoms with Gasteiger partial charge in [0, 0.05) is 23.5 Å². The normalized spacial score (nSPS) is 14.8. The molecule has 2 N–H and O–H groups in total. The van der Waals surface area contributed by atoms with E-state index in [1.54, 1.807) is 19.1 Å². The fourth-order valence-corrected chi connectivity index (χ4v) is 5.38. The Hall–Kier alpha value is -4.34. The number of esters is 1. The summed E-state index contributed by atoms with van der Waals surface area (Å²) in [6.45, 7) is 1.85. The van der Waals surface area contributed by atoms with Crippen molar-refractivity contribution in [1.82, 2.24) is 14.8 Å². The quantitative estimate of drug-likeness (QED) is 0.211. The number of nitrogens with zero attached hydrogens (tertiary/aromatic N) is 3. The summed E-state index contributed by atoms with van der Waals surface area (Å²) >= 11 is 0. The second kappa shape index (κ2) is 11.4. The summed E-state index contributed by atoms with van der Waals surface area (Å²) in [4.78, 5) is 16.0. The Balaban J connectivity index is 1.50. The Morgan fingerprint density at radius 3 is 2.60 bits per heavy atom. The first-order valence-electron chi connectivity index (χ1n) is 14.0. The zero-order chi connectivity index (χ0) is 30.3. The number of carbonyl (C=O) groups excluding carboxylic acids is 1. The number of benzene rings is 2. The van der Waals surface area contributed by atoms with Crippen LogP contribution in [0.1, 0.15) is 65.5 Å². The lowest BCUT2D eigenvalue weighted by Gasteiger charge is -2.10. The van der Waals surface area contributed by atoms with Gasteiger partial charge in [0.2, 0.25) is 10.0 Å². The number of aromatic nitrogens is 3. The molecule has 2 heterocycles. The van der Waals surface area contributed by atoms with Gasteiger partial charge in [-0.25, -0.2) is 27.1 Å². The van der Waals surface area contributed by atoms with Gasteiger partial charge in [0.05, 0.1) is 23.6 Å². The van der Waals surface area contributed by atoms with Crippen molar-refractivity contribution in [3.63, 3.8) is 0 Å². The van der Waals surface area contributed by atoms with Crippen LogP contribution in [-0.4, -0.2) is 35.8 Å². The van der Waals surface area contributed by atoms with Gasteiger partial charge in [-0.05, 0) is 80.8 Å². The van der Waals surface area contributed by atoms with Gasteiger partial charge in [-0.2, -0.15) is 14.8 Å². The molecule has 43 heavy (non-hydrogen) atoms. The highest BCUT2D eigenvalue weighted by atomic mass is 32.2. The number of primary sulfonamides is 1. The monoisotopic (exact) mass is 606 g/mol. The zero-order valence-electron chi connectivity index (χ0n) is 23.3. The Labute approximate surface area is 247 Å². The van der Waals surface area contributed by atoms with Crippen LogP contribution in [0.4, 0.5) is 8.78 Å². The molecule has 0 unspecified atom stereocenters. The van der Waals surface area contributed by atoms with Gasteiger partial charge >= 0.3 is 12.0 Å². The minimum absolute atomic E-state index is 0.0205. The first-order chi connectivity index (χ1) is 20.6. The number of nitrogens with two attached hydrogens (primary N) is 1. The molecule has 0 aliphatic heterocycles. The highest BCUT2D eigenvalue weighted by Gasteiger charge is 2.30. The molecule has 2 aromatic heterocycles. The second-order valence-electron chi connectivity index (χ2n) is 10.8. The fraction of sp³-hybridized carbons (Fsp3) is 0.323. The molecule has 12 heteroatoms. The van der Waals surface area contributed by atoms with E-state index in [4.69, 9.17) is 19.4 Å². The minimum atomic E-state index is -4.25. The number of hydrogen-bond donors (Lipinski definition) is 1. The summed E-state index contributed by atoms with van der Waals surface area (Å²) in [6.07, 6.45) is 5.96. The molecule has 222 valence electrons. The van der Waals surface area contributed by atoms with Crippen LogP contribution in [0.5, 0.6) is 0 Å². The average molecular weight is 607 g/mol. The van der Waals surface area contributed by atoms with Crippen molar-refractivity contribution in [3.05, 3.63) is 82.4 Å². The summed E-state index contributed by atoms with van der Waals surface area (Å²) < 4.78 is 65.4. The number of oxazole rings is 1. The Kier molecular flexibility index (Phi) is 7.62. The largest absolute Gasteiger partial charge is 0.461 e. The Morgan fingerprint density at radius 1 is 1.14 bits per heavy atom. The van der Waals surface area contributed by atoms with E-state index in [1.807, 2.05) is 0 Å². The molecule has 4 aromatic rings. The van der Waals surface area contributed by atoms with Crippen LogP contribution in [0.2, 0.25) is 0 Å². The van der Waals surface area contributed by atoms with Gasteiger partial charge < -0.3 is 9.15 Å². The summed E-state index contributed by atoms with van der Waals surface area (Å²) in [5, 5.41) is 9.99. The number of sulfonamides is 1. The lowest BCUT2D eigenvalue weighted by Crippen LogP contribution is -2.14. The van der Waals surface area contributed by atoms with Crippen molar-refractivity contribution in [2.24, 2.45) is 17.0 Å². The molecule has 0 radical (unpaired) electrons. The van der Waals surface area contributed by atoms with Crippen molar-refractivity contribution in [2.75, 3.05) is 6.61 Å². The molecule has 0 atom stereocenters. The fourth-order valence-electron chi connectivity index (χ4n) is 4.79. The molecule has 2 aromatic carbocycles.